The fourth-order valence-electron chi connectivity index (χ4n) is 7.14. The molecule has 204 valence electrons. The zero-order valence-electron chi connectivity index (χ0n) is 23.5. The van der Waals surface area contributed by atoms with Crippen LogP contribution < -0.4 is 0 Å². The molecule has 0 radical (unpaired) electrons. The number of benzene rings is 2. The Kier molecular flexibility index (Phi) is 8.82. The van der Waals surface area contributed by atoms with Crippen molar-refractivity contribution in [1.82, 2.24) is 9.21 Å². The lowest BCUT2D eigenvalue weighted by Crippen LogP contribution is -2.63. The summed E-state index contributed by atoms with van der Waals surface area (Å²) in [7, 11) is -1.75. The minimum atomic E-state index is -3.44. The molecule has 1 aliphatic carbocycles. The number of likely N-dealkylation sites (tertiary alicyclic amines) is 1. The molecule has 2 atom stereocenters. The van der Waals surface area contributed by atoms with Crippen LogP contribution in [0.25, 0.3) is 0 Å². The van der Waals surface area contributed by atoms with E-state index in [1.54, 1.807) is 25.2 Å². The first-order valence-corrected chi connectivity index (χ1v) is 15.5. The van der Waals surface area contributed by atoms with Gasteiger partial charge in [0.15, 0.2) is 0 Å². The maximum Gasteiger partial charge on any atom is 0.243 e. The molecule has 1 saturated heterocycles. The smallest absolute Gasteiger partial charge is 0.243 e. The third kappa shape index (κ3) is 5.67. The quantitative estimate of drug-likeness (QED) is 0.335. The van der Waals surface area contributed by atoms with Gasteiger partial charge in [0.1, 0.15) is 5.82 Å². The van der Waals surface area contributed by atoms with Crippen LogP contribution in [0, 0.1) is 38.4 Å². The van der Waals surface area contributed by atoms with Gasteiger partial charge in [-0.15, -0.1) is 0 Å². The van der Waals surface area contributed by atoms with Gasteiger partial charge in [-0.1, -0.05) is 24.3 Å². The maximum atomic E-state index is 13.9. The molecule has 1 saturated carbocycles. The average molecular weight is 529 g/mol. The molecule has 1 aliphatic heterocycles. The second kappa shape index (κ2) is 11.5. The zero-order chi connectivity index (χ0) is 26.9. The van der Waals surface area contributed by atoms with Gasteiger partial charge in [-0.2, -0.15) is 0 Å². The van der Waals surface area contributed by atoms with Gasteiger partial charge < -0.3 is 0 Å². The van der Waals surface area contributed by atoms with Crippen molar-refractivity contribution in [3.05, 3.63) is 64.5 Å². The Morgan fingerprint density at radius 3 is 2.22 bits per heavy atom. The molecule has 2 aliphatic rings. The van der Waals surface area contributed by atoms with Crippen LogP contribution in [0.1, 0.15) is 80.5 Å². The van der Waals surface area contributed by atoms with E-state index in [1.165, 1.54) is 35.6 Å². The highest BCUT2D eigenvalue weighted by Crippen LogP contribution is 2.47. The Hall–Kier alpha value is -1.76. The molecule has 2 aromatic rings. The van der Waals surface area contributed by atoms with Crippen molar-refractivity contribution in [2.24, 2.45) is 11.8 Å². The Balaban J connectivity index is 1.23. The normalized spacial score (nSPS) is 26.9. The summed E-state index contributed by atoms with van der Waals surface area (Å²) in [5.41, 5.74) is 4.08. The van der Waals surface area contributed by atoms with Gasteiger partial charge in [0.25, 0.3) is 0 Å². The predicted molar refractivity (Wildman–Crippen MR) is 150 cm³/mol. The molecule has 0 spiro atoms. The van der Waals surface area contributed by atoms with Crippen molar-refractivity contribution in [2.75, 3.05) is 20.1 Å². The SMILES string of the molecule is Cc1ccccc1S(=O)(=O)N(C)CCCCN1C(C)C(C2CCC(c3ccc(F)c(C)c3C)CC2)C1C. The molecule has 0 aromatic heterocycles. The van der Waals surface area contributed by atoms with Crippen LogP contribution in [0.5, 0.6) is 0 Å². The van der Waals surface area contributed by atoms with E-state index in [0.717, 1.165) is 47.9 Å². The van der Waals surface area contributed by atoms with Crippen LogP contribution in [0.4, 0.5) is 4.39 Å². The first-order chi connectivity index (χ1) is 17.5. The lowest BCUT2D eigenvalue weighted by Gasteiger charge is -2.57. The molecule has 1 heterocycles. The van der Waals surface area contributed by atoms with Gasteiger partial charge in [0.2, 0.25) is 10.0 Å². The predicted octanol–water partition coefficient (Wildman–Crippen LogP) is 6.83. The zero-order valence-corrected chi connectivity index (χ0v) is 24.3. The van der Waals surface area contributed by atoms with E-state index in [2.05, 4.69) is 25.7 Å². The van der Waals surface area contributed by atoms with Crippen LogP contribution in [0.3, 0.4) is 0 Å². The summed E-state index contributed by atoms with van der Waals surface area (Å²) in [5.74, 6) is 1.97. The number of unbranched alkanes of at least 4 members (excludes halogenated alkanes) is 1. The molecule has 4 rings (SSSR count). The molecule has 0 N–H and O–H groups in total. The number of hydrogen-bond acceptors (Lipinski definition) is 3. The standard InChI is InChI=1S/C31H45FN2O2S/c1-21-11-7-8-12-30(21)37(35,36)33(6)19-9-10-20-34-24(4)31(25(34)5)27-15-13-26(14-16-27)28-17-18-29(32)23(3)22(28)2/h7-8,11-12,17-18,24-27,31H,9-10,13-16,19-20H2,1-6H3. The Bertz CT molecular complexity index is 1180. The van der Waals surface area contributed by atoms with Crippen LogP contribution in [-0.4, -0.2) is 49.8 Å². The fraction of sp³-hybridized carbons (Fsp3) is 0.613. The minimum absolute atomic E-state index is 0.0910. The van der Waals surface area contributed by atoms with Crippen LogP contribution in [0.2, 0.25) is 0 Å². The van der Waals surface area contributed by atoms with Crippen LogP contribution >= 0.6 is 0 Å². The summed E-state index contributed by atoms with van der Waals surface area (Å²) in [6.45, 7) is 12.1. The second-order valence-corrected chi connectivity index (χ2v) is 13.6. The van der Waals surface area contributed by atoms with Crippen molar-refractivity contribution in [3.8, 4) is 0 Å². The third-order valence-corrected chi connectivity index (χ3v) is 11.6. The van der Waals surface area contributed by atoms with Crippen molar-refractivity contribution in [2.45, 2.75) is 96.0 Å². The Morgan fingerprint density at radius 2 is 1.57 bits per heavy atom. The first kappa shape index (κ1) is 28.3. The summed E-state index contributed by atoms with van der Waals surface area (Å²) in [5, 5.41) is 0. The molecule has 4 nitrogen and oxygen atoms in total. The summed E-state index contributed by atoms with van der Waals surface area (Å²) in [6, 6.07) is 12.0. The first-order valence-electron chi connectivity index (χ1n) is 14.1. The topological polar surface area (TPSA) is 40.6 Å². The van der Waals surface area contributed by atoms with Gasteiger partial charge in [0, 0.05) is 25.7 Å². The second-order valence-electron chi connectivity index (χ2n) is 11.6. The summed E-state index contributed by atoms with van der Waals surface area (Å²) in [4.78, 5) is 3.02. The van der Waals surface area contributed by atoms with E-state index in [9.17, 15) is 12.8 Å². The third-order valence-electron chi connectivity index (χ3n) is 9.60. The van der Waals surface area contributed by atoms with Crippen molar-refractivity contribution >= 4 is 10.0 Å². The van der Waals surface area contributed by atoms with Gasteiger partial charge in [-0.3, -0.25) is 4.90 Å². The summed E-state index contributed by atoms with van der Waals surface area (Å²) in [6.07, 6.45) is 6.79. The molecular weight excluding hydrogens is 483 g/mol. The minimum Gasteiger partial charge on any atom is -0.297 e. The monoisotopic (exact) mass is 528 g/mol. The molecule has 0 bridgehead atoms. The summed E-state index contributed by atoms with van der Waals surface area (Å²) >= 11 is 0. The van der Waals surface area contributed by atoms with Crippen LogP contribution in [-0.2, 0) is 10.0 Å². The molecule has 6 heteroatoms. The number of halogens is 1. The molecule has 37 heavy (non-hydrogen) atoms. The number of hydrogen-bond donors (Lipinski definition) is 0. The van der Waals surface area contributed by atoms with E-state index in [1.807, 2.05) is 32.0 Å². The molecule has 2 aromatic carbocycles. The van der Waals surface area contributed by atoms with Gasteiger partial charge in [-0.25, -0.2) is 17.1 Å². The van der Waals surface area contributed by atoms with Gasteiger partial charge in [-0.05, 0) is 132 Å². The molecule has 2 unspecified atom stereocenters. The van der Waals surface area contributed by atoms with E-state index in [-0.39, 0.29) is 5.82 Å². The Labute approximate surface area is 224 Å². The van der Waals surface area contributed by atoms with E-state index in [0.29, 0.717) is 29.4 Å². The highest BCUT2D eigenvalue weighted by Gasteiger charge is 2.46. The molecule has 2 fully saturated rings. The number of rotatable bonds is 9. The number of aryl methyl sites for hydroxylation is 1. The number of nitrogens with zero attached hydrogens (tertiary/aromatic N) is 2. The van der Waals surface area contributed by atoms with E-state index >= 15 is 0 Å². The summed E-state index contributed by atoms with van der Waals surface area (Å²) < 4.78 is 41.3. The van der Waals surface area contributed by atoms with E-state index < -0.39 is 10.0 Å². The largest absolute Gasteiger partial charge is 0.297 e. The van der Waals surface area contributed by atoms with Crippen molar-refractivity contribution in [3.63, 3.8) is 0 Å². The van der Waals surface area contributed by atoms with E-state index in [4.69, 9.17) is 0 Å². The van der Waals surface area contributed by atoms with Crippen LogP contribution in [0.15, 0.2) is 41.3 Å². The van der Waals surface area contributed by atoms with Gasteiger partial charge in [0.05, 0.1) is 4.90 Å². The lowest BCUT2D eigenvalue weighted by molar-refractivity contribution is -0.0764. The maximum absolute atomic E-state index is 13.9. The Morgan fingerprint density at radius 1 is 0.919 bits per heavy atom. The number of sulfonamides is 1. The highest BCUT2D eigenvalue weighted by atomic mass is 32.2. The van der Waals surface area contributed by atoms with Crippen molar-refractivity contribution in [1.29, 1.82) is 0 Å². The lowest BCUT2D eigenvalue weighted by atomic mass is 9.65. The van der Waals surface area contributed by atoms with Crippen molar-refractivity contribution < 1.29 is 12.8 Å². The molecule has 0 amide bonds. The van der Waals surface area contributed by atoms with Gasteiger partial charge >= 0.3 is 0 Å². The molecular formula is C31H45FN2O2S. The highest BCUT2D eigenvalue weighted by molar-refractivity contribution is 7.89. The fourth-order valence-corrected chi connectivity index (χ4v) is 8.57. The average Bonchev–Trinajstić information content (AvgIpc) is 2.88.